The van der Waals surface area contributed by atoms with E-state index in [2.05, 4.69) is 19.3 Å². The zero-order valence-electron chi connectivity index (χ0n) is 9.27. The Morgan fingerprint density at radius 1 is 1.56 bits per heavy atom. The predicted octanol–water partition coefficient (Wildman–Crippen LogP) is 2.63. The van der Waals surface area contributed by atoms with Crippen LogP contribution in [0.25, 0.3) is 0 Å². The van der Waals surface area contributed by atoms with Crippen LogP contribution >= 0.6 is 11.8 Å². The fourth-order valence-corrected chi connectivity index (χ4v) is 2.21. The number of rotatable bonds is 5. The Bertz CT molecular complexity index is 382. The van der Waals surface area contributed by atoms with Crippen LogP contribution in [0, 0.1) is 16.0 Å². The Morgan fingerprint density at radius 3 is 2.75 bits per heavy atom. The summed E-state index contributed by atoms with van der Waals surface area (Å²) in [6.07, 6.45) is 0. The number of hydrogen-bond donors (Lipinski definition) is 2. The number of nitrogens with one attached hydrogen (secondary N) is 1. The lowest BCUT2D eigenvalue weighted by molar-refractivity contribution is -0.386. The van der Waals surface area contributed by atoms with Crippen LogP contribution in [-0.4, -0.2) is 10.7 Å². The Kier molecular flexibility index (Phi) is 4.57. The smallest absolute Gasteiger partial charge is 0.307 e. The number of anilines is 1. The van der Waals surface area contributed by atoms with Gasteiger partial charge in [-0.2, -0.15) is 0 Å². The second kappa shape index (κ2) is 5.72. The first-order valence-electron chi connectivity index (χ1n) is 4.93. The van der Waals surface area contributed by atoms with Crippen molar-refractivity contribution in [3.05, 3.63) is 28.3 Å². The van der Waals surface area contributed by atoms with E-state index in [-0.39, 0.29) is 5.69 Å². The number of nitrogen functional groups attached to an aromatic ring is 1. The van der Waals surface area contributed by atoms with Gasteiger partial charge in [-0.25, -0.2) is 0 Å². The normalized spacial score (nSPS) is 10.5. The summed E-state index contributed by atoms with van der Waals surface area (Å²) in [5.74, 6) is 6.58. The van der Waals surface area contributed by atoms with E-state index < -0.39 is 4.92 Å². The number of nitro benzene ring substituents is 1. The average molecular weight is 241 g/mol. The van der Waals surface area contributed by atoms with Crippen molar-refractivity contribution < 1.29 is 4.92 Å². The number of hydrazine groups is 1. The molecular formula is C10H15N3O2S. The minimum absolute atomic E-state index is 0.0515. The summed E-state index contributed by atoms with van der Waals surface area (Å²) in [6.45, 7) is 4.15. The first kappa shape index (κ1) is 12.8. The van der Waals surface area contributed by atoms with Crippen LogP contribution < -0.4 is 11.3 Å². The summed E-state index contributed by atoms with van der Waals surface area (Å²) in [5, 5.41) is 10.9. The molecule has 0 unspecified atom stereocenters. The van der Waals surface area contributed by atoms with Gasteiger partial charge in [0.25, 0.3) is 0 Å². The molecule has 0 aliphatic heterocycles. The Hall–Kier alpha value is -1.27. The molecule has 0 aliphatic carbocycles. The number of nitrogens with two attached hydrogens (primary N) is 1. The predicted molar refractivity (Wildman–Crippen MR) is 66.5 cm³/mol. The highest BCUT2D eigenvalue weighted by Gasteiger charge is 2.19. The molecule has 16 heavy (non-hydrogen) atoms. The van der Waals surface area contributed by atoms with E-state index in [9.17, 15) is 10.1 Å². The molecule has 1 rings (SSSR count). The van der Waals surface area contributed by atoms with Crippen LogP contribution in [0.2, 0.25) is 0 Å². The van der Waals surface area contributed by atoms with Gasteiger partial charge in [0, 0.05) is 5.75 Å². The summed E-state index contributed by atoms with van der Waals surface area (Å²) < 4.78 is 0. The van der Waals surface area contributed by atoms with Crippen molar-refractivity contribution >= 4 is 23.1 Å². The Balaban J connectivity index is 3.02. The highest BCUT2D eigenvalue weighted by Crippen LogP contribution is 2.35. The van der Waals surface area contributed by atoms with Crippen molar-refractivity contribution in [1.29, 1.82) is 0 Å². The number of nitrogens with zero attached hydrogens (tertiary/aromatic N) is 1. The maximum Gasteiger partial charge on any atom is 0.307 e. The van der Waals surface area contributed by atoms with Crippen LogP contribution in [0.3, 0.4) is 0 Å². The monoisotopic (exact) mass is 241 g/mol. The molecule has 0 atom stereocenters. The molecule has 0 saturated carbocycles. The number of hydrogen-bond acceptors (Lipinski definition) is 5. The van der Waals surface area contributed by atoms with E-state index in [1.165, 1.54) is 11.8 Å². The maximum absolute atomic E-state index is 10.9. The van der Waals surface area contributed by atoms with E-state index >= 15 is 0 Å². The standard InChI is InChI=1S/C10H15N3O2S/c1-7(2)6-16-9-5-3-4-8(12-11)10(9)13(14)15/h3-5,7,12H,6,11H2,1-2H3. The molecule has 0 radical (unpaired) electrons. The summed E-state index contributed by atoms with van der Waals surface area (Å²) >= 11 is 1.48. The van der Waals surface area contributed by atoms with E-state index in [0.29, 0.717) is 16.5 Å². The van der Waals surface area contributed by atoms with Gasteiger partial charge >= 0.3 is 5.69 Å². The largest absolute Gasteiger partial charge is 0.318 e. The fraction of sp³-hybridized carbons (Fsp3) is 0.400. The van der Waals surface area contributed by atoms with Crippen molar-refractivity contribution in [2.45, 2.75) is 18.7 Å². The van der Waals surface area contributed by atoms with Crippen LogP contribution in [0.1, 0.15) is 13.8 Å². The van der Waals surface area contributed by atoms with Crippen LogP contribution in [0.15, 0.2) is 23.1 Å². The third kappa shape index (κ3) is 3.11. The van der Waals surface area contributed by atoms with Gasteiger partial charge in [0.15, 0.2) is 0 Å². The third-order valence-electron chi connectivity index (χ3n) is 1.91. The Labute approximate surface area is 98.5 Å². The summed E-state index contributed by atoms with van der Waals surface area (Å²) in [6, 6.07) is 5.09. The number of benzene rings is 1. The van der Waals surface area contributed by atoms with Gasteiger partial charge in [0.2, 0.25) is 0 Å². The molecule has 0 heterocycles. The van der Waals surface area contributed by atoms with Crippen molar-refractivity contribution in [3.63, 3.8) is 0 Å². The molecule has 5 nitrogen and oxygen atoms in total. The second-order valence-electron chi connectivity index (χ2n) is 3.76. The van der Waals surface area contributed by atoms with Gasteiger partial charge in [0.1, 0.15) is 5.69 Å². The molecule has 1 aromatic rings. The molecule has 0 bridgehead atoms. The van der Waals surface area contributed by atoms with E-state index in [0.717, 1.165) is 5.75 Å². The van der Waals surface area contributed by atoms with Crippen LogP contribution in [-0.2, 0) is 0 Å². The fourth-order valence-electron chi connectivity index (χ4n) is 1.20. The Morgan fingerprint density at radius 2 is 2.25 bits per heavy atom. The lowest BCUT2D eigenvalue weighted by Gasteiger charge is -2.08. The van der Waals surface area contributed by atoms with Gasteiger partial charge in [-0.15, -0.1) is 11.8 Å². The molecule has 1 aromatic carbocycles. The van der Waals surface area contributed by atoms with E-state index in [1.807, 2.05) is 0 Å². The molecule has 0 fully saturated rings. The number of thioether (sulfide) groups is 1. The van der Waals surface area contributed by atoms with Gasteiger partial charge in [0.05, 0.1) is 9.82 Å². The summed E-state index contributed by atoms with van der Waals surface area (Å²) in [5.41, 5.74) is 2.75. The van der Waals surface area contributed by atoms with Crippen LogP contribution in [0.5, 0.6) is 0 Å². The van der Waals surface area contributed by atoms with Gasteiger partial charge in [-0.1, -0.05) is 19.9 Å². The first-order valence-corrected chi connectivity index (χ1v) is 5.91. The highest BCUT2D eigenvalue weighted by molar-refractivity contribution is 7.99. The number of para-hydroxylation sites is 1. The highest BCUT2D eigenvalue weighted by atomic mass is 32.2. The quantitative estimate of drug-likeness (QED) is 0.358. The molecule has 0 aliphatic rings. The zero-order valence-corrected chi connectivity index (χ0v) is 10.1. The van der Waals surface area contributed by atoms with Crippen molar-refractivity contribution in [1.82, 2.24) is 0 Å². The number of nitro groups is 1. The van der Waals surface area contributed by atoms with Gasteiger partial charge < -0.3 is 5.43 Å². The molecule has 3 N–H and O–H groups in total. The van der Waals surface area contributed by atoms with Crippen molar-refractivity contribution in [2.24, 2.45) is 11.8 Å². The topological polar surface area (TPSA) is 81.2 Å². The molecular weight excluding hydrogens is 226 g/mol. The maximum atomic E-state index is 10.9. The molecule has 88 valence electrons. The summed E-state index contributed by atoms with van der Waals surface area (Å²) in [4.78, 5) is 11.2. The minimum atomic E-state index is -0.405. The van der Waals surface area contributed by atoms with Gasteiger partial charge in [-0.3, -0.25) is 16.0 Å². The van der Waals surface area contributed by atoms with Gasteiger partial charge in [-0.05, 0) is 18.1 Å². The summed E-state index contributed by atoms with van der Waals surface area (Å²) in [7, 11) is 0. The average Bonchev–Trinajstić information content (AvgIpc) is 2.25. The molecule has 0 amide bonds. The molecule has 6 heteroatoms. The molecule has 0 spiro atoms. The minimum Gasteiger partial charge on any atom is -0.318 e. The van der Waals surface area contributed by atoms with Crippen molar-refractivity contribution in [3.8, 4) is 0 Å². The zero-order chi connectivity index (χ0) is 12.1. The lowest BCUT2D eigenvalue weighted by Crippen LogP contribution is -2.09. The van der Waals surface area contributed by atoms with Crippen LogP contribution in [0.4, 0.5) is 11.4 Å². The van der Waals surface area contributed by atoms with E-state index in [1.54, 1.807) is 18.2 Å². The van der Waals surface area contributed by atoms with E-state index in [4.69, 9.17) is 5.84 Å². The molecule has 0 saturated heterocycles. The SMILES string of the molecule is CC(C)CSc1cccc(NN)c1[N+](=O)[O-]. The lowest BCUT2D eigenvalue weighted by atomic mass is 10.3. The third-order valence-corrected chi connectivity index (χ3v) is 3.38. The van der Waals surface area contributed by atoms with Crippen molar-refractivity contribution in [2.75, 3.05) is 11.2 Å². The first-order chi connectivity index (χ1) is 7.56. The second-order valence-corrected chi connectivity index (χ2v) is 4.82. The molecule has 0 aromatic heterocycles.